The smallest absolute Gasteiger partial charge is 0.254 e. The van der Waals surface area contributed by atoms with E-state index in [1.807, 2.05) is 0 Å². The van der Waals surface area contributed by atoms with Gasteiger partial charge in [0.25, 0.3) is 5.56 Å². The molecule has 0 spiro atoms. The topological polar surface area (TPSA) is 45.8 Å². The van der Waals surface area contributed by atoms with Gasteiger partial charge in [-0.3, -0.25) is 4.79 Å². The molecule has 0 aliphatic rings. The number of aryl methyl sites for hydroxylation is 1. The number of hydrogen-bond acceptors (Lipinski definition) is 2. The van der Waals surface area contributed by atoms with Crippen LogP contribution in [0, 0.1) is 19.7 Å². The highest BCUT2D eigenvalue weighted by atomic mass is 19.1. The van der Waals surface area contributed by atoms with Crippen molar-refractivity contribution in [3.05, 3.63) is 51.7 Å². The zero-order valence-electron chi connectivity index (χ0n) is 9.04. The van der Waals surface area contributed by atoms with Crippen LogP contribution < -0.4 is 5.56 Å². The van der Waals surface area contributed by atoms with E-state index in [0.717, 1.165) is 0 Å². The number of aromatic amines is 1. The Labute approximate surface area is 92.0 Å². The Morgan fingerprint density at radius 1 is 1.19 bits per heavy atom. The molecule has 1 heterocycles. The van der Waals surface area contributed by atoms with Crippen LogP contribution in [0.15, 0.2) is 29.1 Å². The standard InChI is InChI=1S/C12H11FN2O/c1-7-8(2)14-11(15-12(7)16)9-3-5-10(13)6-4-9/h3-6H,1-2H3,(H,14,15,16). The SMILES string of the molecule is Cc1nc(-c2ccc(F)cc2)[nH]c(=O)c1C. The molecule has 4 heteroatoms. The maximum Gasteiger partial charge on any atom is 0.254 e. The zero-order valence-corrected chi connectivity index (χ0v) is 9.04. The largest absolute Gasteiger partial charge is 0.306 e. The van der Waals surface area contributed by atoms with Crippen molar-refractivity contribution in [1.29, 1.82) is 0 Å². The second kappa shape index (κ2) is 3.89. The summed E-state index contributed by atoms with van der Waals surface area (Å²) in [7, 11) is 0. The van der Waals surface area contributed by atoms with Crippen LogP contribution in [0.2, 0.25) is 0 Å². The molecule has 82 valence electrons. The fourth-order valence-electron chi connectivity index (χ4n) is 1.39. The van der Waals surface area contributed by atoms with E-state index < -0.39 is 0 Å². The van der Waals surface area contributed by atoms with Gasteiger partial charge in [0.15, 0.2) is 0 Å². The fourth-order valence-corrected chi connectivity index (χ4v) is 1.39. The molecule has 0 unspecified atom stereocenters. The number of hydrogen-bond donors (Lipinski definition) is 1. The molecule has 0 saturated heterocycles. The lowest BCUT2D eigenvalue weighted by molar-refractivity contribution is 0.628. The molecule has 1 aromatic heterocycles. The molecule has 0 bridgehead atoms. The van der Waals surface area contributed by atoms with Crippen LogP contribution in [0.1, 0.15) is 11.3 Å². The predicted octanol–water partition coefficient (Wildman–Crippen LogP) is 2.19. The number of halogens is 1. The molecule has 0 atom stereocenters. The molecule has 16 heavy (non-hydrogen) atoms. The lowest BCUT2D eigenvalue weighted by atomic mass is 10.2. The van der Waals surface area contributed by atoms with Gasteiger partial charge in [0.05, 0.1) is 0 Å². The van der Waals surface area contributed by atoms with Crippen molar-refractivity contribution in [3.8, 4) is 11.4 Å². The fraction of sp³-hybridized carbons (Fsp3) is 0.167. The average molecular weight is 218 g/mol. The molecule has 2 rings (SSSR count). The summed E-state index contributed by atoms with van der Waals surface area (Å²) in [6.45, 7) is 3.49. The monoisotopic (exact) mass is 218 g/mol. The molecule has 0 fully saturated rings. The van der Waals surface area contributed by atoms with E-state index in [9.17, 15) is 9.18 Å². The van der Waals surface area contributed by atoms with Crippen molar-refractivity contribution in [1.82, 2.24) is 9.97 Å². The summed E-state index contributed by atoms with van der Waals surface area (Å²) in [5, 5.41) is 0. The molecular weight excluding hydrogens is 207 g/mol. The van der Waals surface area contributed by atoms with Gasteiger partial charge in [-0.15, -0.1) is 0 Å². The van der Waals surface area contributed by atoms with Crippen molar-refractivity contribution in [2.45, 2.75) is 13.8 Å². The number of aromatic nitrogens is 2. The van der Waals surface area contributed by atoms with E-state index in [1.165, 1.54) is 12.1 Å². The summed E-state index contributed by atoms with van der Waals surface area (Å²) in [6, 6.07) is 5.85. The van der Waals surface area contributed by atoms with Gasteiger partial charge in [-0.2, -0.15) is 0 Å². The summed E-state index contributed by atoms with van der Waals surface area (Å²) in [6.07, 6.45) is 0. The molecule has 0 aliphatic heterocycles. The molecule has 0 radical (unpaired) electrons. The van der Waals surface area contributed by atoms with Crippen molar-refractivity contribution < 1.29 is 4.39 Å². The zero-order chi connectivity index (χ0) is 11.7. The van der Waals surface area contributed by atoms with Gasteiger partial charge in [-0.05, 0) is 38.1 Å². The third kappa shape index (κ3) is 1.86. The second-order valence-electron chi connectivity index (χ2n) is 3.63. The second-order valence-corrected chi connectivity index (χ2v) is 3.63. The van der Waals surface area contributed by atoms with E-state index in [0.29, 0.717) is 22.6 Å². The normalized spacial score (nSPS) is 10.4. The Kier molecular flexibility index (Phi) is 2.56. The van der Waals surface area contributed by atoms with E-state index in [4.69, 9.17) is 0 Å². The minimum Gasteiger partial charge on any atom is -0.306 e. The first-order chi connectivity index (χ1) is 7.58. The Hall–Kier alpha value is -1.97. The first kappa shape index (κ1) is 10.5. The van der Waals surface area contributed by atoms with Crippen LogP contribution in [-0.2, 0) is 0 Å². The van der Waals surface area contributed by atoms with Gasteiger partial charge in [0.1, 0.15) is 11.6 Å². The predicted molar refractivity (Wildman–Crippen MR) is 59.7 cm³/mol. The molecular formula is C12H11FN2O. The average Bonchev–Trinajstić information content (AvgIpc) is 2.26. The third-order valence-corrected chi connectivity index (χ3v) is 2.51. The summed E-state index contributed by atoms with van der Waals surface area (Å²) in [5.74, 6) is 0.156. The molecule has 0 amide bonds. The molecule has 2 aromatic rings. The van der Waals surface area contributed by atoms with E-state index in [-0.39, 0.29) is 11.4 Å². The van der Waals surface area contributed by atoms with Gasteiger partial charge in [-0.25, -0.2) is 9.37 Å². The summed E-state index contributed by atoms with van der Waals surface area (Å²) < 4.78 is 12.7. The number of benzene rings is 1. The summed E-state index contributed by atoms with van der Waals surface area (Å²) in [5.41, 5.74) is 1.82. The van der Waals surface area contributed by atoms with Crippen LogP contribution in [0.5, 0.6) is 0 Å². The van der Waals surface area contributed by atoms with E-state index in [2.05, 4.69) is 9.97 Å². The van der Waals surface area contributed by atoms with Crippen molar-refractivity contribution in [3.63, 3.8) is 0 Å². The summed E-state index contributed by atoms with van der Waals surface area (Å²) in [4.78, 5) is 18.4. The van der Waals surface area contributed by atoms with Crippen LogP contribution in [0.3, 0.4) is 0 Å². The molecule has 3 nitrogen and oxygen atoms in total. The van der Waals surface area contributed by atoms with Crippen molar-refractivity contribution in [2.24, 2.45) is 0 Å². The van der Waals surface area contributed by atoms with Gasteiger partial charge in [0, 0.05) is 16.8 Å². The lowest BCUT2D eigenvalue weighted by Crippen LogP contribution is -2.14. The number of nitrogens with one attached hydrogen (secondary N) is 1. The lowest BCUT2D eigenvalue weighted by Gasteiger charge is -2.03. The Morgan fingerprint density at radius 2 is 1.81 bits per heavy atom. The number of rotatable bonds is 1. The quantitative estimate of drug-likeness (QED) is 0.797. The van der Waals surface area contributed by atoms with Gasteiger partial charge >= 0.3 is 0 Å². The minimum absolute atomic E-state index is 0.160. The van der Waals surface area contributed by atoms with Crippen LogP contribution in [0.4, 0.5) is 4.39 Å². The Balaban J connectivity index is 2.57. The molecule has 0 saturated carbocycles. The van der Waals surface area contributed by atoms with Gasteiger partial charge in [0.2, 0.25) is 0 Å². The van der Waals surface area contributed by atoms with Crippen molar-refractivity contribution in [2.75, 3.05) is 0 Å². The van der Waals surface area contributed by atoms with Crippen molar-refractivity contribution >= 4 is 0 Å². The minimum atomic E-state index is -0.310. The Bertz CT molecular complexity index is 573. The van der Waals surface area contributed by atoms with Crippen LogP contribution in [0.25, 0.3) is 11.4 Å². The third-order valence-electron chi connectivity index (χ3n) is 2.51. The van der Waals surface area contributed by atoms with E-state index >= 15 is 0 Å². The first-order valence-electron chi connectivity index (χ1n) is 4.91. The first-order valence-corrected chi connectivity index (χ1v) is 4.91. The van der Waals surface area contributed by atoms with E-state index in [1.54, 1.807) is 26.0 Å². The van der Waals surface area contributed by atoms with Crippen LogP contribution in [-0.4, -0.2) is 9.97 Å². The molecule has 0 aliphatic carbocycles. The highest BCUT2D eigenvalue weighted by Gasteiger charge is 2.05. The molecule has 1 N–H and O–H groups in total. The maximum atomic E-state index is 12.7. The summed E-state index contributed by atoms with van der Waals surface area (Å²) >= 11 is 0. The number of nitrogens with zero attached hydrogens (tertiary/aromatic N) is 1. The van der Waals surface area contributed by atoms with Gasteiger partial charge in [-0.1, -0.05) is 0 Å². The van der Waals surface area contributed by atoms with Crippen LogP contribution >= 0.6 is 0 Å². The highest BCUT2D eigenvalue weighted by molar-refractivity contribution is 5.54. The molecule has 1 aromatic carbocycles. The number of H-pyrrole nitrogens is 1. The maximum absolute atomic E-state index is 12.7. The highest BCUT2D eigenvalue weighted by Crippen LogP contribution is 2.14. The van der Waals surface area contributed by atoms with Gasteiger partial charge < -0.3 is 4.98 Å². The Morgan fingerprint density at radius 3 is 2.38 bits per heavy atom.